The molecule has 1 nitrogen and oxygen atoms in total. The van der Waals surface area contributed by atoms with Crippen molar-refractivity contribution in [3.8, 4) is 0 Å². The van der Waals surface area contributed by atoms with Crippen molar-refractivity contribution in [2.45, 2.75) is 31.2 Å². The lowest BCUT2D eigenvalue weighted by Crippen LogP contribution is -2.38. The highest BCUT2D eigenvalue weighted by atomic mass is 15.1. The molecule has 0 heterocycles. The topological polar surface area (TPSA) is 3.24 Å². The molecule has 2 rings (SSSR count). The van der Waals surface area contributed by atoms with Crippen LogP contribution in [0.5, 0.6) is 0 Å². The summed E-state index contributed by atoms with van der Waals surface area (Å²) in [7, 11) is 4.41. The van der Waals surface area contributed by atoms with Crippen LogP contribution in [-0.2, 0) is 5.54 Å². The van der Waals surface area contributed by atoms with Gasteiger partial charge in [0.1, 0.15) is 0 Å². The molecular weight excluding hydrogens is 170 g/mol. The van der Waals surface area contributed by atoms with Crippen LogP contribution < -0.4 is 0 Å². The van der Waals surface area contributed by atoms with Gasteiger partial charge < -0.3 is 0 Å². The maximum absolute atomic E-state index is 2.40. The molecule has 1 aliphatic rings. The minimum absolute atomic E-state index is 0.321. The van der Waals surface area contributed by atoms with E-state index in [9.17, 15) is 0 Å². The van der Waals surface area contributed by atoms with Crippen LogP contribution in [0.1, 0.15) is 31.2 Å². The first-order chi connectivity index (χ1) is 6.76. The number of benzene rings is 1. The van der Waals surface area contributed by atoms with Crippen LogP contribution in [0.3, 0.4) is 0 Å². The van der Waals surface area contributed by atoms with Crippen molar-refractivity contribution < 1.29 is 0 Å². The molecule has 0 aromatic heterocycles. The molecule has 0 spiro atoms. The predicted molar refractivity (Wildman–Crippen MR) is 60.3 cm³/mol. The van der Waals surface area contributed by atoms with E-state index in [1.54, 1.807) is 0 Å². The van der Waals surface area contributed by atoms with E-state index in [4.69, 9.17) is 0 Å². The summed E-state index contributed by atoms with van der Waals surface area (Å²) in [4.78, 5) is 2.40. The highest BCUT2D eigenvalue weighted by Crippen LogP contribution is 2.42. The summed E-state index contributed by atoms with van der Waals surface area (Å²) in [6.45, 7) is 0. The normalized spacial score (nSPS) is 20.2. The zero-order valence-corrected chi connectivity index (χ0v) is 9.16. The summed E-state index contributed by atoms with van der Waals surface area (Å²) in [5, 5.41) is 0. The summed E-state index contributed by atoms with van der Waals surface area (Å²) in [5.74, 6) is 0. The molecule has 0 aliphatic heterocycles. The minimum atomic E-state index is 0.321. The Kier molecular flexibility index (Phi) is 2.60. The van der Waals surface area contributed by atoms with Crippen LogP contribution in [0.2, 0.25) is 0 Å². The van der Waals surface area contributed by atoms with Gasteiger partial charge in [-0.1, -0.05) is 43.2 Å². The third-order valence-electron chi connectivity index (χ3n) is 3.60. The summed E-state index contributed by atoms with van der Waals surface area (Å²) in [5.41, 5.74) is 1.81. The van der Waals surface area contributed by atoms with Crippen LogP contribution in [0.4, 0.5) is 0 Å². The van der Waals surface area contributed by atoms with E-state index in [-0.39, 0.29) is 0 Å². The van der Waals surface area contributed by atoms with Gasteiger partial charge in [0, 0.05) is 5.54 Å². The van der Waals surface area contributed by atoms with Gasteiger partial charge >= 0.3 is 0 Å². The summed E-state index contributed by atoms with van der Waals surface area (Å²) in [6, 6.07) is 10.9. The van der Waals surface area contributed by atoms with E-state index < -0.39 is 0 Å². The first-order valence-corrected chi connectivity index (χ1v) is 5.49. The molecule has 1 aliphatic carbocycles. The molecule has 0 saturated heterocycles. The van der Waals surface area contributed by atoms with E-state index in [0.717, 1.165) is 0 Å². The van der Waals surface area contributed by atoms with Crippen LogP contribution in [0, 0.1) is 0 Å². The van der Waals surface area contributed by atoms with Crippen molar-refractivity contribution in [3.63, 3.8) is 0 Å². The van der Waals surface area contributed by atoms with Crippen LogP contribution in [0.25, 0.3) is 0 Å². The molecule has 1 fully saturated rings. The van der Waals surface area contributed by atoms with E-state index in [1.165, 1.54) is 31.2 Å². The fraction of sp³-hybridized carbons (Fsp3) is 0.538. The maximum atomic E-state index is 2.40. The fourth-order valence-corrected chi connectivity index (χ4v) is 2.70. The van der Waals surface area contributed by atoms with Crippen molar-refractivity contribution in [1.29, 1.82) is 0 Å². The molecule has 0 radical (unpaired) electrons. The average Bonchev–Trinajstić information content (AvgIpc) is 2.69. The Bertz CT molecular complexity index is 283. The Labute approximate surface area is 86.7 Å². The zero-order valence-electron chi connectivity index (χ0n) is 9.16. The summed E-state index contributed by atoms with van der Waals surface area (Å²) >= 11 is 0. The second kappa shape index (κ2) is 3.74. The largest absolute Gasteiger partial charge is 0.300 e. The standard InChI is InChI=1S/C13H19N/c1-14(2)13(10-6-7-11-13)12-8-4-3-5-9-12/h3-5,8-9H,6-7,10-11H2,1-2H3. The van der Waals surface area contributed by atoms with E-state index >= 15 is 0 Å². The van der Waals surface area contributed by atoms with Gasteiger partial charge in [-0.05, 0) is 32.5 Å². The quantitative estimate of drug-likeness (QED) is 0.691. The monoisotopic (exact) mass is 189 g/mol. The summed E-state index contributed by atoms with van der Waals surface area (Å²) in [6.07, 6.45) is 5.36. The molecule has 0 atom stereocenters. The molecule has 76 valence electrons. The Hall–Kier alpha value is -0.820. The van der Waals surface area contributed by atoms with E-state index in [0.29, 0.717) is 5.54 Å². The molecule has 14 heavy (non-hydrogen) atoms. The van der Waals surface area contributed by atoms with Crippen LogP contribution in [-0.4, -0.2) is 19.0 Å². The third kappa shape index (κ3) is 1.46. The Morgan fingerprint density at radius 3 is 2.07 bits per heavy atom. The Morgan fingerprint density at radius 2 is 1.57 bits per heavy atom. The fourth-order valence-electron chi connectivity index (χ4n) is 2.70. The zero-order chi connectivity index (χ0) is 10.0. The average molecular weight is 189 g/mol. The van der Waals surface area contributed by atoms with E-state index in [2.05, 4.69) is 49.3 Å². The summed E-state index contributed by atoms with van der Waals surface area (Å²) < 4.78 is 0. The van der Waals surface area contributed by atoms with E-state index in [1.807, 2.05) is 0 Å². The highest BCUT2D eigenvalue weighted by molar-refractivity contribution is 5.25. The van der Waals surface area contributed by atoms with Gasteiger partial charge in [0.2, 0.25) is 0 Å². The third-order valence-corrected chi connectivity index (χ3v) is 3.60. The molecule has 1 aromatic carbocycles. The van der Waals surface area contributed by atoms with Crippen LogP contribution >= 0.6 is 0 Å². The van der Waals surface area contributed by atoms with Gasteiger partial charge in [-0.15, -0.1) is 0 Å². The molecule has 1 aromatic rings. The van der Waals surface area contributed by atoms with Gasteiger partial charge in [-0.25, -0.2) is 0 Å². The first-order valence-electron chi connectivity index (χ1n) is 5.49. The molecule has 0 unspecified atom stereocenters. The molecular formula is C13H19N. The first kappa shape index (κ1) is 9.72. The van der Waals surface area contributed by atoms with Gasteiger partial charge in [0.25, 0.3) is 0 Å². The Balaban J connectivity index is 2.36. The molecule has 0 N–H and O–H groups in total. The van der Waals surface area contributed by atoms with Gasteiger partial charge in [0.15, 0.2) is 0 Å². The molecule has 0 bridgehead atoms. The number of hydrogen-bond acceptors (Lipinski definition) is 1. The second-order valence-corrected chi connectivity index (χ2v) is 4.50. The smallest absolute Gasteiger partial charge is 0.0454 e. The van der Waals surface area contributed by atoms with Gasteiger partial charge in [-0.3, -0.25) is 4.90 Å². The van der Waals surface area contributed by atoms with Crippen molar-refractivity contribution in [1.82, 2.24) is 4.90 Å². The maximum Gasteiger partial charge on any atom is 0.0454 e. The SMILES string of the molecule is CN(C)C1(c2ccccc2)CCCC1. The Morgan fingerprint density at radius 1 is 1.00 bits per heavy atom. The molecule has 1 heteroatoms. The highest BCUT2D eigenvalue weighted by Gasteiger charge is 2.37. The van der Waals surface area contributed by atoms with Crippen LogP contribution in [0.15, 0.2) is 30.3 Å². The molecule has 0 amide bonds. The molecule has 1 saturated carbocycles. The van der Waals surface area contributed by atoms with Gasteiger partial charge in [0.05, 0.1) is 0 Å². The lowest BCUT2D eigenvalue weighted by molar-refractivity contribution is 0.158. The lowest BCUT2D eigenvalue weighted by Gasteiger charge is -2.37. The minimum Gasteiger partial charge on any atom is -0.300 e. The number of nitrogens with zero attached hydrogens (tertiary/aromatic N) is 1. The lowest BCUT2D eigenvalue weighted by atomic mass is 9.87. The number of rotatable bonds is 2. The van der Waals surface area contributed by atoms with Gasteiger partial charge in [-0.2, -0.15) is 0 Å². The van der Waals surface area contributed by atoms with Crippen molar-refractivity contribution in [2.75, 3.05) is 14.1 Å². The predicted octanol–water partition coefficient (Wildman–Crippen LogP) is 3.02. The van der Waals surface area contributed by atoms with Crippen molar-refractivity contribution in [2.24, 2.45) is 0 Å². The van der Waals surface area contributed by atoms with Crippen molar-refractivity contribution >= 4 is 0 Å². The number of hydrogen-bond donors (Lipinski definition) is 0. The second-order valence-electron chi connectivity index (χ2n) is 4.50. The van der Waals surface area contributed by atoms with Crippen molar-refractivity contribution in [3.05, 3.63) is 35.9 Å².